The lowest BCUT2D eigenvalue weighted by molar-refractivity contribution is -0.274. The molecule has 0 aliphatic carbocycles. The van der Waals surface area contributed by atoms with Crippen LogP contribution in [0.15, 0.2) is 48.2 Å². The average Bonchev–Trinajstić information content (AvgIpc) is 2.95. The molecule has 0 saturated heterocycles. The Morgan fingerprint density at radius 3 is 2.63 bits per heavy atom. The lowest BCUT2D eigenvalue weighted by Gasteiger charge is -2.09. The molecule has 0 aliphatic heterocycles. The van der Waals surface area contributed by atoms with Crippen LogP contribution >= 0.6 is 0 Å². The first kappa shape index (κ1) is 21.3. The second-order valence-electron chi connectivity index (χ2n) is 6.65. The van der Waals surface area contributed by atoms with E-state index in [0.717, 1.165) is 16.8 Å². The third-order valence-electron chi connectivity index (χ3n) is 4.46. The summed E-state index contributed by atoms with van der Waals surface area (Å²) in [5.41, 5.74) is 3.89. The zero-order chi connectivity index (χ0) is 21.9. The van der Waals surface area contributed by atoms with Crippen molar-refractivity contribution in [2.24, 2.45) is 0 Å². The number of hydrogen-bond acceptors (Lipinski definition) is 3. The minimum Gasteiger partial charge on any atom is -0.487 e. The van der Waals surface area contributed by atoms with Gasteiger partial charge < -0.3 is 19.6 Å². The fraction of sp³-hybridized carbons (Fsp3) is 0.227. The Hall–Kier alpha value is -3.42. The highest BCUT2D eigenvalue weighted by atomic mass is 19.4. The number of aromatic nitrogens is 1. The number of halogens is 3. The van der Waals surface area contributed by atoms with Gasteiger partial charge in [0.05, 0.1) is 6.61 Å². The van der Waals surface area contributed by atoms with Gasteiger partial charge in [0, 0.05) is 16.6 Å². The van der Waals surface area contributed by atoms with Crippen molar-refractivity contribution in [2.45, 2.75) is 26.6 Å². The van der Waals surface area contributed by atoms with E-state index in [-0.39, 0.29) is 18.1 Å². The number of benzene rings is 2. The summed E-state index contributed by atoms with van der Waals surface area (Å²) in [6.45, 7) is 3.78. The quantitative estimate of drug-likeness (QED) is 0.396. The number of fused-ring (bicyclic) bond motifs is 1. The van der Waals surface area contributed by atoms with Gasteiger partial charge in [-0.3, -0.25) is 0 Å². The normalized spacial score (nSPS) is 12.2. The molecule has 0 atom stereocenters. The number of alkyl halides is 3. The van der Waals surface area contributed by atoms with Gasteiger partial charge in [-0.2, -0.15) is 0 Å². The summed E-state index contributed by atoms with van der Waals surface area (Å²) in [7, 11) is 0. The second kappa shape index (κ2) is 8.52. The number of hydrogen-bond donors (Lipinski definition) is 2. The molecule has 0 aliphatic rings. The number of aryl methyl sites for hydroxylation is 1. The summed E-state index contributed by atoms with van der Waals surface area (Å²) in [6.07, 6.45) is -2.88. The van der Waals surface area contributed by atoms with Crippen LogP contribution < -0.4 is 4.74 Å². The zero-order valence-electron chi connectivity index (χ0n) is 16.3. The van der Waals surface area contributed by atoms with Crippen LogP contribution in [-0.4, -0.2) is 29.0 Å². The molecule has 3 aromatic rings. The molecule has 8 heteroatoms. The van der Waals surface area contributed by atoms with E-state index in [4.69, 9.17) is 4.74 Å². The molecule has 5 nitrogen and oxygen atoms in total. The molecule has 0 spiro atoms. The molecule has 2 N–H and O–H groups in total. The summed E-state index contributed by atoms with van der Waals surface area (Å²) in [5.74, 6) is -1.60. The van der Waals surface area contributed by atoms with Crippen molar-refractivity contribution >= 4 is 22.9 Å². The number of aromatic amines is 1. The smallest absolute Gasteiger partial charge is 0.487 e. The minimum atomic E-state index is -4.76. The van der Waals surface area contributed by atoms with Crippen molar-refractivity contribution in [3.63, 3.8) is 0 Å². The van der Waals surface area contributed by atoms with Crippen LogP contribution in [0.5, 0.6) is 5.75 Å². The third kappa shape index (κ3) is 5.14. The van der Waals surface area contributed by atoms with Crippen LogP contribution in [0.25, 0.3) is 17.0 Å². The van der Waals surface area contributed by atoms with Crippen molar-refractivity contribution in [2.75, 3.05) is 6.61 Å². The SMILES string of the molecule is CCO/C(=C\c1cccc(Cc2c(C)[nH]c3ccc(OC(F)(F)F)cc23)c1)C(=O)O. The van der Waals surface area contributed by atoms with E-state index < -0.39 is 12.3 Å². The highest BCUT2D eigenvalue weighted by Crippen LogP contribution is 2.31. The topological polar surface area (TPSA) is 71.5 Å². The minimum absolute atomic E-state index is 0.160. The number of ether oxygens (including phenoxy) is 2. The molecule has 0 radical (unpaired) electrons. The first-order chi connectivity index (χ1) is 14.2. The highest BCUT2D eigenvalue weighted by molar-refractivity contribution is 5.90. The maximum atomic E-state index is 12.6. The third-order valence-corrected chi connectivity index (χ3v) is 4.46. The Labute approximate surface area is 170 Å². The van der Waals surface area contributed by atoms with Crippen LogP contribution in [0, 0.1) is 6.92 Å². The Balaban J connectivity index is 1.94. The summed E-state index contributed by atoms with van der Waals surface area (Å²) in [4.78, 5) is 14.4. The van der Waals surface area contributed by atoms with Gasteiger partial charge in [0.2, 0.25) is 5.76 Å². The molecule has 1 heterocycles. The van der Waals surface area contributed by atoms with E-state index in [1.807, 2.05) is 19.1 Å². The van der Waals surface area contributed by atoms with Crippen molar-refractivity contribution in [3.05, 3.63) is 70.6 Å². The molecule has 30 heavy (non-hydrogen) atoms. The molecule has 0 amide bonds. The van der Waals surface area contributed by atoms with Crippen LogP contribution in [0.1, 0.15) is 29.3 Å². The van der Waals surface area contributed by atoms with E-state index in [0.29, 0.717) is 22.9 Å². The van der Waals surface area contributed by atoms with E-state index in [9.17, 15) is 23.1 Å². The summed E-state index contributed by atoms with van der Waals surface area (Å²) in [6, 6.07) is 11.4. The predicted octanol–water partition coefficient (Wildman–Crippen LogP) is 5.43. The van der Waals surface area contributed by atoms with Gasteiger partial charge in [-0.15, -0.1) is 13.2 Å². The van der Waals surface area contributed by atoms with Gasteiger partial charge >= 0.3 is 12.3 Å². The van der Waals surface area contributed by atoms with Crippen molar-refractivity contribution in [1.82, 2.24) is 4.98 Å². The zero-order valence-corrected chi connectivity index (χ0v) is 16.3. The van der Waals surface area contributed by atoms with Gasteiger partial charge in [0.15, 0.2) is 0 Å². The van der Waals surface area contributed by atoms with Gasteiger partial charge in [-0.25, -0.2) is 4.79 Å². The van der Waals surface area contributed by atoms with E-state index >= 15 is 0 Å². The van der Waals surface area contributed by atoms with Crippen molar-refractivity contribution in [3.8, 4) is 5.75 Å². The maximum absolute atomic E-state index is 12.6. The van der Waals surface area contributed by atoms with Crippen LogP contribution in [-0.2, 0) is 16.0 Å². The number of rotatable bonds is 7. The molecule has 0 unspecified atom stereocenters. The van der Waals surface area contributed by atoms with E-state index in [1.54, 1.807) is 25.1 Å². The van der Waals surface area contributed by atoms with Gasteiger partial charge in [-0.1, -0.05) is 24.3 Å². The standard InChI is InChI=1S/C22H20F3NO4/c1-3-29-20(21(27)28)11-15-6-4-5-14(9-15)10-17-13(2)26-19-8-7-16(12-18(17)19)30-22(23,24)25/h4-9,11-12,26H,3,10H2,1-2H3,(H,27,28)/b20-11-. The fourth-order valence-corrected chi connectivity index (χ4v) is 3.26. The first-order valence-electron chi connectivity index (χ1n) is 9.20. The maximum Gasteiger partial charge on any atom is 0.573 e. The number of carboxylic acids is 1. The van der Waals surface area contributed by atoms with Crippen LogP contribution in [0.3, 0.4) is 0 Å². The molecule has 0 saturated carbocycles. The second-order valence-corrected chi connectivity index (χ2v) is 6.65. The number of aliphatic carboxylic acids is 1. The van der Waals surface area contributed by atoms with Crippen LogP contribution in [0.4, 0.5) is 13.2 Å². The first-order valence-corrected chi connectivity index (χ1v) is 9.20. The Bertz CT molecular complexity index is 1100. The average molecular weight is 419 g/mol. The van der Waals surface area contributed by atoms with Gasteiger partial charge in [-0.05, 0) is 61.2 Å². The largest absolute Gasteiger partial charge is 0.573 e. The van der Waals surface area contributed by atoms with E-state index in [1.165, 1.54) is 18.2 Å². The molecule has 0 fully saturated rings. The van der Waals surface area contributed by atoms with E-state index in [2.05, 4.69) is 9.72 Å². The molecule has 3 rings (SSSR count). The lowest BCUT2D eigenvalue weighted by Crippen LogP contribution is -2.16. The lowest BCUT2D eigenvalue weighted by atomic mass is 10.00. The summed E-state index contributed by atoms with van der Waals surface area (Å²) >= 11 is 0. The van der Waals surface area contributed by atoms with Crippen molar-refractivity contribution < 1.29 is 32.5 Å². The fourth-order valence-electron chi connectivity index (χ4n) is 3.26. The monoisotopic (exact) mass is 419 g/mol. The van der Waals surface area contributed by atoms with Crippen molar-refractivity contribution in [1.29, 1.82) is 0 Å². The molecule has 0 bridgehead atoms. The predicted molar refractivity (Wildman–Crippen MR) is 106 cm³/mol. The molecule has 2 aromatic carbocycles. The highest BCUT2D eigenvalue weighted by Gasteiger charge is 2.31. The van der Waals surface area contributed by atoms with Gasteiger partial charge in [0.25, 0.3) is 0 Å². The van der Waals surface area contributed by atoms with Crippen LogP contribution in [0.2, 0.25) is 0 Å². The number of carboxylic acid groups (broad SMARTS) is 1. The number of H-pyrrole nitrogens is 1. The Morgan fingerprint density at radius 2 is 1.97 bits per heavy atom. The number of nitrogens with one attached hydrogen (secondary N) is 1. The van der Waals surface area contributed by atoms with Gasteiger partial charge in [0.1, 0.15) is 5.75 Å². The molecular weight excluding hydrogens is 399 g/mol. The Morgan fingerprint density at radius 1 is 1.20 bits per heavy atom. The molecule has 1 aromatic heterocycles. The summed E-state index contributed by atoms with van der Waals surface area (Å²) < 4.78 is 46.9. The molecule has 158 valence electrons. The molecular formula is C22H20F3NO4. The Kier molecular flexibility index (Phi) is 6.05. The number of carbonyl (C=O) groups is 1. The summed E-state index contributed by atoms with van der Waals surface area (Å²) in [5, 5.41) is 9.85.